The summed E-state index contributed by atoms with van der Waals surface area (Å²) in [7, 11) is 0. The highest BCUT2D eigenvalue weighted by molar-refractivity contribution is 6.06. The molecule has 0 aliphatic heterocycles. The van der Waals surface area contributed by atoms with Crippen molar-refractivity contribution in [3.05, 3.63) is 71.9 Å². The number of nitrogens with zero attached hydrogens (tertiary/aromatic N) is 3. The highest BCUT2D eigenvalue weighted by Crippen LogP contribution is 2.28. The summed E-state index contributed by atoms with van der Waals surface area (Å²) in [5.74, 6) is 0.226. The molecule has 1 N–H and O–H groups in total. The molecule has 3 aromatic heterocycles. The van der Waals surface area contributed by atoms with Gasteiger partial charge in [0.2, 0.25) is 0 Å². The molecule has 1 amide bonds. The highest BCUT2D eigenvalue weighted by Gasteiger charge is 2.16. The van der Waals surface area contributed by atoms with Crippen LogP contribution in [0.1, 0.15) is 21.7 Å². The number of fused-ring (bicyclic) bond motifs is 1. The van der Waals surface area contributed by atoms with Crippen molar-refractivity contribution in [2.45, 2.75) is 13.8 Å². The lowest BCUT2D eigenvalue weighted by molar-refractivity contribution is 0.102. The fourth-order valence-electron chi connectivity index (χ4n) is 2.81. The van der Waals surface area contributed by atoms with Crippen molar-refractivity contribution in [1.29, 1.82) is 0 Å². The second kappa shape index (κ2) is 5.90. The van der Waals surface area contributed by atoms with Gasteiger partial charge in [0.25, 0.3) is 5.91 Å². The number of hydrogen-bond donors (Lipinski definition) is 1. The van der Waals surface area contributed by atoms with E-state index in [-0.39, 0.29) is 5.91 Å². The van der Waals surface area contributed by atoms with Crippen LogP contribution in [-0.4, -0.2) is 20.4 Å². The number of imidazole rings is 1. The molecule has 0 unspecified atom stereocenters. The molecule has 0 fully saturated rings. The molecule has 0 bridgehead atoms. The van der Waals surface area contributed by atoms with Crippen LogP contribution in [0.15, 0.2) is 59.5 Å². The fourth-order valence-corrected chi connectivity index (χ4v) is 2.81. The third-order valence-corrected chi connectivity index (χ3v) is 4.12. The standard InChI is InChI=1S/C19H16N4O2/c1-12-6-5-9-23-11-17(21-18(12)23)14-7-3-4-8-16(14)22-19(24)15-10-20-25-13(15)2/h3-11H,1-2H3,(H,22,24). The maximum atomic E-state index is 12.5. The first-order chi connectivity index (χ1) is 12.1. The van der Waals surface area contributed by atoms with Gasteiger partial charge in [0.1, 0.15) is 17.0 Å². The molecule has 1 aromatic carbocycles. The van der Waals surface area contributed by atoms with E-state index < -0.39 is 0 Å². The van der Waals surface area contributed by atoms with Crippen LogP contribution < -0.4 is 5.32 Å². The van der Waals surface area contributed by atoms with Gasteiger partial charge in [0.05, 0.1) is 17.6 Å². The summed E-state index contributed by atoms with van der Waals surface area (Å²) in [6, 6.07) is 11.6. The van der Waals surface area contributed by atoms with Crippen molar-refractivity contribution >= 4 is 17.2 Å². The molecule has 0 aliphatic carbocycles. The van der Waals surface area contributed by atoms with Crippen molar-refractivity contribution in [1.82, 2.24) is 14.5 Å². The lowest BCUT2D eigenvalue weighted by atomic mass is 10.1. The molecule has 0 saturated carbocycles. The number of aromatic nitrogens is 3. The van der Waals surface area contributed by atoms with Crippen molar-refractivity contribution < 1.29 is 9.32 Å². The van der Waals surface area contributed by atoms with Crippen molar-refractivity contribution in [2.24, 2.45) is 0 Å². The monoisotopic (exact) mass is 332 g/mol. The first-order valence-electron chi connectivity index (χ1n) is 7.90. The van der Waals surface area contributed by atoms with E-state index in [1.807, 2.05) is 60.1 Å². The number of hydrogen-bond acceptors (Lipinski definition) is 4. The van der Waals surface area contributed by atoms with Gasteiger partial charge in [-0.25, -0.2) is 4.98 Å². The van der Waals surface area contributed by atoms with Crippen LogP contribution in [0.25, 0.3) is 16.9 Å². The Morgan fingerprint density at radius 3 is 2.76 bits per heavy atom. The molecule has 124 valence electrons. The molecule has 4 rings (SSSR count). The number of carbonyl (C=O) groups excluding carboxylic acids is 1. The lowest BCUT2D eigenvalue weighted by Crippen LogP contribution is -2.12. The maximum Gasteiger partial charge on any atom is 0.260 e. The summed E-state index contributed by atoms with van der Waals surface area (Å²) in [5.41, 5.74) is 4.75. The van der Waals surface area contributed by atoms with E-state index in [1.54, 1.807) is 6.92 Å². The lowest BCUT2D eigenvalue weighted by Gasteiger charge is -2.08. The number of para-hydroxylation sites is 1. The average Bonchev–Trinajstić information content (AvgIpc) is 3.22. The van der Waals surface area contributed by atoms with Gasteiger partial charge in [-0.15, -0.1) is 0 Å². The largest absolute Gasteiger partial charge is 0.361 e. The zero-order chi connectivity index (χ0) is 17.4. The van der Waals surface area contributed by atoms with E-state index in [2.05, 4.69) is 10.5 Å². The number of aryl methyl sites for hydroxylation is 2. The van der Waals surface area contributed by atoms with Gasteiger partial charge >= 0.3 is 0 Å². The van der Waals surface area contributed by atoms with Crippen LogP contribution in [0.4, 0.5) is 5.69 Å². The number of carbonyl (C=O) groups is 1. The van der Waals surface area contributed by atoms with Gasteiger partial charge in [0.15, 0.2) is 0 Å². The highest BCUT2D eigenvalue weighted by atomic mass is 16.5. The Morgan fingerprint density at radius 2 is 2.00 bits per heavy atom. The van der Waals surface area contributed by atoms with Crippen molar-refractivity contribution in [3.8, 4) is 11.3 Å². The second-order valence-electron chi connectivity index (χ2n) is 5.84. The quantitative estimate of drug-likeness (QED) is 0.618. The Morgan fingerprint density at radius 1 is 1.16 bits per heavy atom. The third kappa shape index (κ3) is 2.67. The van der Waals surface area contributed by atoms with Crippen LogP contribution in [0, 0.1) is 13.8 Å². The Hall–Kier alpha value is -3.41. The molecule has 25 heavy (non-hydrogen) atoms. The van der Waals surface area contributed by atoms with E-state index in [1.165, 1.54) is 6.20 Å². The minimum Gasteiger partial charge on any atom is -0.361 e. The summed E-state index contributed by atoms with van der Waals surface area (Å²) in [6.07, 6.45) is 5.33. The topological polar surface area (TPSA) is 72.4 Å². The average molecular weight is 332 g/mol. The number of nitrogens with one attached hydrogen (secondary N) is 1. The van der Waals surface area contributed by atoms with Crippen LogP contribution in [0.3, 0.4) is 0 Å². The van der Waals surface area contributed by atoms with Gasteiger partial charge in [-0.2, -0.15) is 0 Å². The van der Waals surface area contributed by atoms with Crippen molar-refractivity contribution in [2.75, 3.05) is 5.32 Å². The third-order valence-electron chi connectivity index (χ3n) is 4.12. The van der Waals surface area contributed by atoms with Gasteiger partial charge in [-0.05, 0) is 31.5 Å². The number of anilines is 1. The predicted molar refractivity (Wildman–Crippen MR) is 94.6 cm³/mol. The Kier molecular flexibility index (Phi) is 3.57. The van der Waals surface area contributed by atoms with Gasteiger partial charge < -0.3 is 14.2 Å². The number of pyridine rings is 1. The molecule has 0 aliphatic rings. The van der Waals surface area contributed by atoms with Crippen LogP contribution >= 0.6 is 0 Å². The maximum absolute atomic E-state index is 12.5. The number of rotatable bonds is 3. The Labute approximate surface area is 144 Å². The minimum absolute atomic E-state index is 0.258. The van der Waals surface area contributed by atoms with E-state index in [4.69, 9.17) is 9.51 Å². The summed E-state index contributed by atoms with van der Waals surface area (Å²) >= 11 is 0. The summed E-state index contributed by atoms with van der Waals surface area (Å²) in [5, 5.41) is 6.58. The fraction of sp³-hybridized carbons (Fsp3) is 0.105. The summed E-state index contributed by atoms with van der Waals surface area (Å²) in [4.78, 5) is 17.2. The zero-order valence-corrected chi connectivity index (χ0v) is 13.9. The molecule has 4 aromatic rings. The van der Waals surface area contributed by atoms with Gasteiger partial charge in [0, 0.05) is 18.0 Å². The van der Waals surface area contributed by atoms with Crippen LogP contribution in [0.5, 0.6) is 0 Å². The second-order valence-corrected chi connectivity index (χ2v) is 5.84. The van der Waals surface area contributed by atoms with E-state index in [9.17, 15) is 4.79 Å². The normalized spacial score (nSPS) is 11.0. The molecule has 6 heteroatoms. The zero-order valence-electron chi connectivity index (χ0n) is 13.9. The molecule has 3 heterocycles. The molecular weight excluding hydrogens is 316 g/mol. The predicted octanol–water partition coefficient (Wildman–Crippen LogP) is 3.86. The molecule has 0 spiro atoms. The molecular formula is C19H16N4O2. The van der Waals surface area contributed by atoms with Crippen LogP contribution in [0.2, 0.25) is 0 Å². The summed E-state index contributed by atoms with van der Waals surface area (Å²) < 4.78 is 6.94. The molecule has 6 nitrogen and oxygen atoms in total. The van der Waals surface area contributed by atoms with Crippen molar-refractivity contribution in [3.63, 3.8) is 0 Å². The SMILES string of the molecule is Cc1oncc1C(=O)Nc1ccccc1-c1cn2cccc(C)c2n1. The Balaban J connectivity index is 1.74. The molecule has 0 atom stereocenters. The van der Waals surface area contributed by atoms with Gasteiger partial charge in [-0.1, -0.05) is 29.4 Å². The smallest absolute Gasteiger partial charge is 0.260 e. The first-order valence-corrected chi connectivity index (χ1v) is 7.90. The van der Waals surface area contributed by atoms with Gasteiger partial charge in [-0.3, -0.25) is 4.79 Å². The summed E-state index contributed by atoms with van der Waals surface area (Å²) in [6.45, 7) is 3.73. The molecule has 0 saturated heterocycles. The molecule has 0 radical (unpaired) electrons. The number of amides is 1. The first kappa shape index (κ1) is 15.1. The van der Waals surface area contributed by atoms with E-state index in [0.29, 0.717) is 17.0 Å². The van der Waals surface area contributed by atoms with E-state index in [0.717, 1.165) is 22.5 Å². The minimum atomic E-state index is -0.258. The van der Waals surface area contributed by atoms with E-state index >= 15 is 0 Å². The number of benzene rings is 1. The van der Waals surface area contributed by atoms with Crippen LogP contribution in [-0.2, 0) is 0 Å². The Bertz CT molecular complexity index is 1080.